The summed E-state index contributed by atoms with van der Waals surface area (Å²) in [6, 6.07) is 1.62. The van der Waals surface area contributed by atoms with Gasteiger partial charge in [-0.15, -0.1) is 0 Å². The summed E-state index contributed by atoms with van der Waals surface area (Å²) in [6.45, 7) is 0.483. The van der Waals surface area contributed by atoms with Gasteiger partial charge in [0.1, 0.15) is 0 Å². The summed E-state index contributed by atoms with van der Waals surface area (Å²) in [7, 11) is -0.827. The van der Waals surface area contributed by atoms with E-state index < -0.39 is 10.8 Å². The van der Waals surface area contributed by atoms with E-state index in [1.807, 2.05) is 0 Å². The molecule has 0 saturated heterocycles. The Kier molecular flexibility index (Phi) is 5.58. The van der Waals surface area contributed by atoms with Crippen LogP contribution in [0.2, 0.25) is 0 Å². The second-order valence-electron chi connectivity index (χ2n) is 3.45. The highest BCUT2D eigenvalue weighted by atomic mass is 32.2. The summed E-state index contributed by atoms with van der Waals surface area (Å²) in [5, 5.41) is 2.72. The number of carbonyl (C=O) groups excluding carboxylic acids is 1. The lowest BCUT2D eigenvalue weighted by molar-refractivity contribution is 0.0954. The number of nitrogens with zero attached hydrogens (tertiary/aromatic N) is 1. The first-order valence-corrected chi connectivity index (χ1v) is 6.86. The smallest absolute Gasteiger partial charge is 0.255 e. The van der Waals surface area contributed by atoms with Gasteiger partial charge in [0.15, 0.2) is 0 Å². The molecule has 4 N–H and O–H groups in total. The van der Waals surface area contributed by atoms with Crippen molar-refractivity contribution in [1.29, 1.82) is 0 Å². The fourth-order valence-corrected chi connectivity index (χ4v) is 1.82. The van der Waals surface area contributed by atoms with Gasteiger partial charge < -0.3 is 10.7 Å². The molecule has 1 heterocycles. The number of aromatic nitrogens is 1. The van der Waals surface area contributed by atoms with Gasteiger partial charge in [0.2, 0.25) is 0 Å². The molecule has 1 aromatic rings. The second kappa shape index (κ2) is 6.97. The number of amides is 1. The number of hydrogen-bond acceptors (Lipinski definition) is 5. The summed E-state index contributed by atoms with van der Waals surface area (Å²) in [4.78, 5) is 15.6. The van der Waals surface area contributed by atoms with E-state index in [0.29, 0.717) is 30.0 Å². The number of nitrogens with one attached hydrogen (secondary N) is 2. The molecular formula is C10H16N4O2S. The molecule has 7 heteroatoms. The lowest BCUT2D eigenvalue weighted by Crippen LogP contribution is -2.27. The molecule has 1 aromatic heterocycles. The van der Waals surface area contributed by atoms with Crippen molar-refractivity contribution in [2.45, 2.75) is 6.42 Å². The van der Waals surface area contributed by atoms with Gasteiger partial charge in [0, 0.05) is 41.7 Å². The van der Waals surface area contributed by atoms with E-state index in [1.54, 1.807) is 18.5 Å². The van der Waals surface area contributed by atoms with Crippen LogP contribution in [0.4, 0.5) is 5.69 Å². The number of hydrogen-bond donors (Lipinski definition) is 3. The lowest BCUT2D eigenvalue weighted by atomic mass is 10.2. The molecule has 0 aromatic carbocycles. The van der Waals surface area contributed by atoms with Crippen LogP contribution in [0.25, 0.3) is 0 Å². The minimum atomic E-state index is -0.827. The monoisotopic (exact) mass is 256 g/mol. The van der Waals surface area contributed by atoms with Crippen LogP contribution < -0.4 is 16.6 Å². The third-order valence-corrected chi connectivity index (χ3v) is 2.98. The summed E-state index contributed by atoms with van der Waals surface area (Å²) in [5.74, 6) is 5.62. The average molecular weight is 256 g/mol. The predicted octanol–water partition coefficient (Wildman–Crippen LogP) is -0.134. The number of anilines is 1. The number of pyridine rings is 1. The van der Waals surface area contributed by atoms with E-state index in [1.165, 1.54) is 6.20 Å². The Bertz CT molecular complexity index is 411. The van der Waals surface area contributed by atoms with Crippen LogP contribution in [-0.2, 0) is 10.8 Å². The number of nitrogens with two attached hydrogens (primary N) is 1. The summed E-state index contributed by atoms with van der Waals surface area (Å²) in [6.07, 6.45) is 5.31. The summed E-state index contributed by atoms with van der Waals surface area (Å²) < 4.78 is 10.8. The van der Waals surface area contributed by atoms with Crippen molar-refractivity contribution in [3.8, 4) is 0 Å². The Morgan fingerprint density at radius 3 is 3.00 bits per heavy atom. The van der Waals surface area contributed by atoms with Crippen molar-refractivity contribution in [2.75, 3.05) is 24.0 Å². The zero-order valence-electron chi connectivity index (χ0n) is 9.60. The maximum atomic E-state index is 11.7. The molecule has 0 fully saturated rings. The Balaban J connectivity index is 2.49. The van der Waals surface area contributed by atoms with Crippen LogP contribution in [0, 0.1) is 0 Å². The Morgan fingerprint density at radius 1 is 1.59 bits per heavy atom. The van der Waals surface area contributed by atoms with Crippen LogP contribution in [0.3, 0.4) is 0 Å². The van der Waals surface area contributed by atoms with Crippen molar-refractivity contribution in [2.24, 2.45) is 5.84 Å². The number of carbonyl (C=O) groups is 1. The highest BCUT2D eigenvalue weighted by Gasteiger charge is 2.09. The zero-order valence-corrected chi connectivity index (χ0v) is 10.4. The van der Waals surface area contributed by atoms with Crippen molar-refractivity contribution >= 4 is 22.4 Å². The van der Waals surface area contributed by atoms with Crippen molar-refractivity contribution in [1.82, 2.24) is 10.3 Å². The molecule has 1 amide bonds. The topological polar surface area (TPSA) is 97.1 Å². The molecule has 1 rings (SSSR count). The van der Waals surface area contributed by atoms with Crippen LogP contribution in [0.15, 0.2) is 18.5 Å². The predicted molar refractivity (Wildman–Crippen MR) is 67.9 cm³/mol. The van der Waals surface area contributed by atoms with E-state index in [4.69, 9.17) is 5.84 Å². The molecule has 0 saturated carbocycles. The first-order chi connectivity index (χ1) is 8.15. The largest absolute Gasteiger partial charge is 0.352 e. The first kappa shape index (κ1) is 13.6. The van der Waals surface area contributed by atoms with E-state index in [9.17, 15) is 9.00 Å². The highest BCUT2D eigenvalue weighted by molar-refractivity contribution is 7.84. The van der Waals surface area contributed by atoms with Gasteiger partial charge in [-0.25, -0.2) is 0 Å². The molecule has 0 bridgehead atoms. The minimum absolute atomic E-state index is 0.243. The van der Waals surface area contributed by atoms with Gasteiger partial charge in [-0.05, 0) is 12.5 Å². The van der Waals surface area contributed by atoms with Gasteiger partial charge in [0.05, 0.1) is 11.3 Å². The normalized spacial score (nSPS) is 11.9. The Labute approximate surface area is 102 Å². The summed E-state index contributed by atoms with van der Waals surface area (Å²) >= 11 is 0. The molecule has 17 heavy (non-hydrogen) atoms. The SMILES string of the molecule is CS(=O)CCCNC(=O)c1cnccc1NN. The maximum absolute atomic E-state index is 11.7. The second-order valence-corrected chi connectivity index (χ2v) is 5.01. The van der Waals surface area contributed by atoms with Crippen molar-refractivity contribution in [3.63, 3.8) is 0 Å². The Morgan fingerprint density at radius 2 is 2.35 bits per heavy atom. The quantitative estimate of drug-likeness (QED) is 0.374. The molecular weight excluding hydrogens is 240 g/mol. The molecule has 0 radical (unpaired) electrons. The Hall–Kier alpha value is -1.47. The minimum Gasteiger partial charge on any atom is -0.352 e. The molecule has 94 valence electrons. The molecule has 0 aliphatic heterocycles. The van der Waals surface area contributed by atoms with Crippen molar-refractivity contribution < 1.29 is 9.00 Å². The molecule has 0 spiro atoms. The van der Waals surface area contributed by atoms with Crippen LogP contribution in [0.1, 0.15) is 16.8 Å². The average Bonchev–Trinajstić information content (AvgIpc) is 2.34. The molecule has 1 atom stereocenters. The molecule has 0 aliphatic carbocycles. The number of nitrogen functional groups attached to an aromatic ring is 1. The molecule has 6 nitrogen and oxygen atoms in total. The third kappa shape index (κ3) is 4.49. The van der Waals surface area contributed by atoms with E-state index in [0.717, 1.165) is 0 Å². The van der Waals surface area contributed by atoms with Crippen LogP contribution in [0.5, 0.6) is 0 Å². The fourth-order valence-electron chi connectivity index (χ4n) is 1.27. The van der Waals surface area contributed by atoms with E-state index >= 15 is 0 Å². The highest BCUT2D eigenvalue weighted by Crippen LogP contribution is 2.11. The zero-order chi connectivity index (χ0) is 12.7. The van der Waals surface area contributed by atoms with Crippen LogP contribution >= 0.6 is 0 Å². The molecule has 1 unspecified atom stereocenters. The number of hydrazine groups is 1. The lowest BCUT2D eigenvalue weighted by Gasteiger charge is -2.08. The third-order valence-electron chi connectivity index (χ3n) is 2.12. The van der Waals surface area contributed by atoms with Gasteiger partial charge in [-0.2, -0.15) is 0 Å². The van der Waals surface area contributed by atoms with E-state index in [2.05, 4.69) is 15.7 Å². The number of rotatable bonds is 6. The molecule has 0 aliphatic rings. The maximum Gasteiger partial charge on any atom is 0.255 e. The fraction of sp³-hybridized carbons (Fsp3) is 0.400. The van der Waals surface area contributed by atoms with Gasteiger partial charge in [-0.1, -0.05) is 0 Å². The standard InChI is InChI=1S/C10H16N4O2S/c1-17(16)6-2-4-13-10(15)8-7-12-5-3-9(8)14-11/h3,5,7H,2,4,6,11H2,1H3,(H,12,14)(H,13,15). The van der Waals surface area contributed by atoms with Crippen LogP contribution in [-0.4, -0.2) is 33.7 Å². The summed E-state index contributed by atoms with van der Waals surface area (Å²) in [5.41, 5.74) is 3.36. The first-order valence-electron chi connectivity index (χ1n) is 5.14. The van der Waals surface area contributed by atoms with Gasteiger partial charge >= 0.3 is 0 Å². The van der Waals surface area contributed by atoms with E-state index in [-0.39, 0.29) is 5.91 Å². The van der Waals surface area contributed by atoms with Gasteiger partial charge in [0.25, 0.3) is 5.91 Å². The van der Waals surface area contributed by atoms with Gasteiger partial charge in [-0.3, -0.25) is 19.8 Å². The van der Waals surface area contributed by atoms with Crippen molar-refractivity contribution in [3.05, 3.63) is 24.0 Å².